The molecule has 0 amide bonds. The van der Waals surface area contributed by atoms with Gasteiger partial charge in [0.15, 0.2) is 0 Å². The van der Waals surface area contributed by atoms with Crippen molar-refractivity contribution in [2.75, 3.05) is 0 Å². The lowest BCUT2D eigenvalue weighted by molar-refractivity contribution is 0.327. The summed E-state index contributed by atoms with van der Waals surface area (Å²) in [6.45, 7) is 4.52. The van der Waals surface area contributed by atoms with Gasteiger partial charge in [0.25, 0.3) is 0 Å². The molecule has 0 aromatic heterocycles. The van der Waals surface area contributed by atoms with E-state index in [2.05, 4.69) is 13.8 Å². The van der Waals surface area contributed by atoms with Crippen LogP contribution in [0.15, 0.2) is 0 Å². The molecular weight excluding hydrogens is 192 g/mol. The van der Waals surface area contributed by atoms with Crippen molar-refractivity contribution in [2.45, 2.75) is 70.6 Å². The van der Waals surface area contributed by atoms with Crippen molar-refractivity contribution in [3.63, 3.8) is 0 Å². The highest BCUT2D eigenvalue weighted by molar-refractivity contribution is 6.20. The van der Waals surface area contributed by atoms with Gasteiger partial charge in [0, 0.05) is 5.38 Å². The number of hydrogen-bond donors (Lipinski definition) is 0. The van der Waals surface area contributed by atoms with Crippen LogP contribution in [-0.2, 0) is 0 Å². The topological polar surface area (TPSA) is 0 Å². The molecule has 0 heterocycles. The Morgan fingerprint density at radius 3 is 2.36 bits per heavy atom. The van der Waals surface area contributed by atoms with Crippen LogP contribution in [-0.4, -0.2) is 5.38 Å². The van der Waals surface area contributed by atoms with E-state index in [1.165, 1.54) is 51.4 Å². The van der Waals surface area contributed by atoms with Gasteiger partial charge in [-0.1, -0.05) is 46.0 Å². The minimum atomic E-state index is 0.428. The molecule has 0 saturated heterocycles. The van der Waals surface area contributed by atoms with Gasteiger partial charge in [0.1, 0.15) is 0 Å². The van der Waals surface area contributed by atoms with E-state index in [9.17, 15) is 0 Å². The molecule has 1 aliphatic rings. The Kier molecular flexibility index (Phi) is 5.93. The van der Waals surface area contributed by atoms with Crippen molar-refractivity contribution in [1.82, 2.24) is 0 Å². The normalized spacial score (nSPS) is 21.4. The molecule has 1 saturated carbocycles. The molecule has 1 heteroatoms. The van der Waals surface area contributed by atoms with E-state index < -0.39 is 0 Å². The first-order valence-electron chi connectivity index (χ1n) is 6.32. The zero-order valence-electron chi connectivity index (χ0n) is 9.77. The summed E-state index contributed by atoms with van der Waals surface area (Å²) in [4.78, 5) is 0. The van der Waals surface area contributed by atoms with Gasteiger partial charge in [-0.25, -0.2) is 0 Å². The fourth-order valence-corrected chi connectivity index (χ4v) is 3.00. The van der Waals surface area contributed by atoms with Crippen LogP contribution in [0.5, 0.6) is 0 Å². The highest BCUT2D eigenvalue weighted by atomic mass is 35.5. The molecule has 0 radical (unpaired) electrons. The second-order valence-corrected chi connectivity index (χ2v) is 5.93. The molecule has 0 aliphatic heterocycles. The molecule has 0 spiro atoms. The minimum absolute atomic E-state index is 0.428. The second kappa shape index (κ2) is 6.71. The zero-order valence-corrected chi connectivity index (χ0v) is 10.5. The van der Waals surface area contributed by atoms with E-state index in [-0.39, 0.29) is 0 Å². The predicted molar refractivity (Wildman–Crippen MR) is 64.9 cm³/mol. The summed E-state index contributed by atoms with van der Waals surface area (Å²) in [7, 11) is 0. The van der Waals surface area contributed by atoms with Crippen LogP contribution in [0.4, 0.5) is 0 Å². The third-order valence-electron chi connectivity index (χ3n) is 3.34. The van der Waals surface area contributed by atoms with E-state index in [1.807, 2.05) is 0 Å². The maximum Gasteiger partial charge on any atom is 0.0338 e. The summed E-state index contributed by atoms with van der Waals surface area (Å²) in [5.41, 5.74) is 0. The fraction of sp³-hybridized carbons (Fsp3) is 1.00. The molecule has 0 aromatic carbocycles. The molecule has 84 valence electrons. The largest absolute Gasteiger partial charge is 0.123 e. The molecule has 1 rings (SSSR count). The van der Waals surface area contributed by atoms with Crippen molar-refractivity contribution in [2.24, 2.45) is 11.8 Å². The van der Waals surface area contributed by atoms with E-state index >= 15 is 0 Å². The number of halogens is 1. The number of alkyl halides is 1. The maximum atomic E-state index is 6.30. The van der Waals surface area contributed by atoms with Crippen molar-refractivity contribution in [3.8, 4) is 0 Å². The van der Waals surface area contributed by atoms with Crippen LogP contribution >= 0.6 is 11.6 Å². The number of rotatable bonds is 5. The average molecular weight is 217 g/mol. The summed E-state index contributed by atoms with van der Waals surface area (Å²) >= 11 is 6.30. The first-order valence-corrected chi connectivity index (χ1v) is 6.76. The summed E-state index contributed by atoms with van der Waals surface area (Å²) in [6, 6.07) is 0. The summed E-state index contributed by atoms with van der Waals surface area (Å²) < 4.78 is 0. The SMILES string of the molecule is CC(C)CC(Cl)CCC1CCCCC1. The van der Waals surface area contributed by atoms with E-state index in [0.717, 1.165) is 11.8 Å². The van der Waals surface area contributed by atoms with Crippen molar-refractivity contribution in [1.29, 1.82) is 0 Å². The summed E-state index contributed by atoms with van der Waals surface area (Å²) in [5.74, 6) is 1.75. The van der Waals surface area contributed by atoms with Crippen molar-refractivity contribution >= 4 is 11.6 Å². The van der Waals surface area contributed by atoms with Crippen LogP contribution in [0.1, 0.15) is 65.2 Å². The molecular formula is C13H25Cl. The van der Waals surface area contributed by atoms with Crippen molar-refractivity contribution < 1.29 is 0 Å². The third kappa shape index (κ3) is 5.24. The standard InChI is InChI=1S/C13H25Cl/c1-11(2)10-13(14)9-8-12-6-4-3-5-7-12/h11-13H,3-10H2,1-2H3. The molecule has 0 bridgehead atoms. The Hall–Kier alpha value is 0.290. The molecule has 0 N–H and O–H groups in total. The van der Waals surface area contributed by atoms with Gasteiger partial charge in [-0.05, 0) is 31.1 Å². The molecule has 0 aromatic rings. The van der Waals surface area contributed by atoms with Gasteiger partial charge >= 0.3 is 0 Å². The molecule has 1 atom stereocenters. The predicted octanol–water partition coefficient (Wildman–Crippen LogP) is 5.00. The van der Waals surface area contributed by atoms with Gasteiger partial charge in [-0.15, -0.1) is 11.6 Å². The quantitative estimate of drug-likeness (QED) is 0.568. The monoisotopic (exact) mass is 216 g/mol. The van der Waals surface area contributed by atoms with E-state index in [1.54, 1.807) is 0 Å². The lowest BCUT2D eigenvalue weighted by Crippen LogP contribution is -2.10. The first kappa shape index (κ1) is 12.4. The zero-order chi connectivity index (χ0) is 10.4. The lowest BCUT2D eigenvalue weighted by Gasteiger charge is -2.22. The Morgan fingerprint density at radius 1 is 1.14 bits per heavy atom. The maximum absolute atomic E-state index is 6.30. The Labute approximate surface area is 94.4 Å². The van der Waals surface area contributed by atoms with Crippen LogP contribution in [0.3, 0.4) is 0 Å². The molecule has 1 fully saturated rings. The van der Waals surface area contributed by atoms with Gasteiger partial charge < -0.3 is 0 Å². The Bertz CT molecular complexity index is 136. The van der Waals surface area contributed by atoms with E-state index in [4.69, 9.17) is 11.6 Å². The smallest absolute Gasteiger partial charge is 0.0338 e. The van der Waals surface area contributed by atoms with Gasteiger partial charge in [-0.3, -0.25) is 0 Å². The Balaban J connectivity index is 2.06. The summed E-state index contributed by atoms with van der Waals surface area (Å²) in [5, 5.41) is 0.428. The first-order chi connectivity index (χ1) is 6.68. The Morgan fingerprint density at radius 2 is 1.79 bits per heavy atom. The van der Waals surface area contributed by atoms with Crippen molar-refractivity contribution in [3.05, 3.63) is 0 Å². The third-order valence-corrected chi connectivity index (χ3v) is 3.74. The van der Waals surface area contributed by atoms with Crippen LogP contribution in [0, 0.1) is 11.8 Å². The number of hydrogen-bond acceptors (Lipinski definition) is 0. The summed E-state index contributed by atoms with van der Waals surface area (Å²) in [6.07, 6.45) is 11.1. The minimum Gasteiger partial charge on any atom is -0.123 e. The van der Waals surface area contributed by atoms with Crippen LogP contribution in [0.2, 0.25) is 0 Å². The molecule has 1 aliphatic carbocycles. The molecule has 14 heavy (non-hydrogen) atoms. The fourth-order valence-electron chi connectivity index (χ4n) is 2.52. The van der Waals surface area contributed by atoms with Gasteiger partial charge in [-0.2, -0.15) is 0 Å². The molecule has 1 unspecified atom stereocenters. The van der Waals surface area contributed by atoms with Crippen LogP contribution < -0.4 is 0 Å². The van der Waals surface area contributed by atoms with Crippen LogP contribution in [0.25, 0.3) is 0 Å². The average Bonchev–Trinajstić information content (AvgIpc) is 2.15. The van der Waals surface area contributed by atoms with Gasteiger partial charge in [0.2, 0.25) is 0 Å². The highest BCUT2D eigenvalue weighted by Crippen LogP contribution is 2.29. The second-order valence-electron chi connectivity index (χ2n) is 5.31. The van der Waals surface area contributed by atoms with Gasteiger partial charge in [0.05, 0.1) is 0 Å². The lowest BCUT2D eigenvalue weighted by atomic mass is 9.85. The molecule has 0 nitrogen and oxygen atoms in total. The highest BCUT2D eigenvalue weighted by Gasteiger charge is 2.15. The van der Waals surface area contributed by atoms with E-state index in [0.29, 0.717) is 5.38 Å².